The Bertz CT molecular complexity index is 474. The van der Waals surface area contributed by atoms with Gasteiger partial charge in [0.1, 0.15) is 12.2 Å². The molecule has 7 nitrogen and oxygen atoms in total. The van der Waals surface area contributed by atoms with Gasteiger partial charge in [-0.2, -0.15) is 5.10 Å². The summed E-state index contributed by atoms with van der Waals surface area (Å²) < 4.78 is 10.7. The van der Waals surface area contributed by atoms with Gasteiger partial charge in [-0.3, -0.25) is 9.89 Å². The van der Waals surface area contributed by atoms with Gasteiger partial charge in [-0.1, -0.05) is 13.8 Å². The standard InChI is InChI=1S/C13H22N4O3/c1-7(2)11-10(14)12(16-15-11)13(18)17-5-8(19-3)9(6-17)20-4/h7-9H,5-6,14H2,1-4H3,(H,15,16). The fourth-order valence-corrected chi connectivity index (χ4v) is 2.48. The fourth-order valence-electron chi connectivity index (χ4n) is 2.48. The minimum atomic E-state index is -0.188. The summed E-state index contributed by atoms with van der Waals surface area (Å²) >= 11 is 0. The number of nitrogens with one attached hydrogen (secondary N) is 1. The van der Waals surface area contributed by atoms with Crippen LogP contribution in [0.2, 0.25) is 0 Å². The average Bonchev–Trinajstić information content (AvgIpc) is 3.00. The molecule has 0 aromatic carbocycles. The maximum absolute atomic E-state index is 12.5. The number of aromatic nitrogens is 2. The molecule has 3 N–H and O–H groups in total. The normalized spacial score (nSPS) is 22.8. The lowest BCUT2D eigenvalue weighted by Gasteiger charge is -2.14. The third-order valence-corrected chi connectivity index (χ3v) is 3.72. The quantitative estimate of drug-likeness (QED) is 0.843. The van der Waals surface area contributed by atoms with Crippen LogP contribution in [-0.4, -0.2) is 60.5 Å². The molecule has 1 aromatic heterocycles. The first-order chi connectivity index (χ1) is 9.49. The molecule has 1 amide bonds. The average molecular weight is 282 g/mol. The molecule has 0 saturated carbocycles. The SMILES string of the molecule is COC1CN(C(=O)c2n[nH]c(C(C)C)c2N)CC1OC. The second-order valence-electron chi connectivity index (χ2n) is 5.31. The van der Waals surface area contributed by atoms with Gasteiger partial charge in [-0.15, -0.1) is 0 Å². The predicted octanol–water partition coefficient (Wildman–Crippen LogP) is 0.601. The van der Waals surface area contributed by atoms with Gasteiger partial charge in [-0.25, -0.2) is 0 Å². The summed E-state index contributed by atoms with van der Waals surface area (Å²) in [5, 5.41) is 6.90. The lowest BCUT2D eigenvalue weighted by Crippen LogP contribution is -2.31. The van der Waals surface area contributed by atoms with Crippen LogP contribution >= 0.6 is 0 Å². The highest BCUT2D eigenvalue weighted by Crippen LogP contribution is 2.25. The molecule has 1 fully saturated rings. The molecule has 2 heterocycles. The Kier molecular flexibility index (Phi) is 4.29. The van der Waals surface area contributed by atoms with E-state index in [0.29, 0.717) is 18.8 Å². The number of methoxy groups -OCH3 is 2. The molecule has 1 aliphatic rings. The highest BCUT2D eigenvalue weighted by atomic mass is 16.5. The number of ether oxygens (including phenoxy) is 2. The number of nitrogens with zero attached hydrogens (tertiary/aromatic N) is 2. The Morgan fingerprint density at radius 1 is 1.35 bits per heavy atom. The monoisotopic (exact) mass is 282 g/mol. The maximum Gasteiger partial charge on any atom is 0.276 e. The van der Waals surface area contributed by atoms with E-state index in [9.17, 15) is 4.79 Å². The molecule has 2 rings (SSSR count). The minimum Gasteiger partial charge on any atom is -0.395 e. The van der Waals surface area contributed by atoms with Gasteiger partial charge in [0.2, 0.25) is 0 Å². The molecule has 0 bridgehead atoms. The molecule has 0 aliphatic carbocycles. The van der Waals surface area contributed by atoms with E-state index in [0.717, 1.165) is 5.69 Å². The second-order valence-corrected chi connectivity index (χ2v) is 5.31. The first kappa shape index (κ1) is 14.8. The van der Waals surface area contributed by atoms with E-state index >= 15 is 0 Å². The first-order valence-electron chi connectivity index (χ1n) is 6.68. The number of H-pyrrole nitrogens is 1. The Hall–Kier alpha value is -1.60. The summed E-state index contributed by atoms with van der Waals surface area (Å²) in [6.45, 7) is 4.96. The van der Waals surface area contributed by atoms with Gasteiger partial charge in [0.05, 0.1) is 11.4 Å². The number of anilines is 1. The van der Waals surface area contributed by atoms with Crippen LogP contribution in [0.5, 0.6) is 0 Å². The molecular weight excluding hydrogens is 260 g/mol. The van der Waals surface area contributed by atoms with Gasteiger partial charge in [0.15, 0.2) is 5.69 Å². The molecule has 1 saturated heterocycles. The van der Waals surface area contributed by atoms with Crippen molar-refractivity contribution in [1.29, 1.82) is 0 Å². The molecule has 7 heteroatoms. The number of amides is 1. The number of rotatable bonds is 4. The Morgan fingerprint density at radius 2 is 1.90 bits per heavy atom. The summed E-state index contributed by atoms with van der Waals surface area (Å²) in [6, 6.07) is 0. The zero-order valence-electron chi connectivity index (χ0n) is 12.3. The number of carbonyl (C=O) groups excluding carboxylic acids is 1. The van der Waals surface area contributed by atoms with Crippen molar-refractivity contribution in [3.05, 3.63) is 11.4 Å². The molecule has 112 valence electrons. The van der Waals surface area contributed by atoms with Crippen molar-refractivity contribution in [1.82, 2.24) is 15.1 Å². The summed E-state index contributed by atoms with van der Waals surface area (Å²) in [5.41, 5.74) is 7.50. The van der Waals surface area contributed by atoms with Gasteiger partial charge < -0.3 is 20.1 Å². The molecule has 0 radical (unpaired) electrons. The topological polar surface area (TPSA) is 93.5 Å². The number of nitrogens with two attached hydrogens (primary N) is 1. The zero-order chi connectivity index (χ0) is 14.9. The number of nitrogen functional groups attached to an aromatic ring is 1. The van der Waals surface area contributed by atoms with E-state index < -0.39 is 0 Å². The van der Waals surface area contributed by atoms with Gasteiger partial charge in [0, 0.05) is 27.3 Å². The van der Waals surface area contributed by atoms with Crippen LogP contribution in [0.3, 0.4) is 0 Å². The molecule has 20 heavy (non-hydrogen) atoms. The van der Waals surface area contributed by atoms with E-state index in [1.807, 2.05) is 13.8 Å². The molecule has 1 aromatic rings. The predicted molar refractivity (Wildman–Crippen MR) is 74.6 cm³/mol. The molecule has 0 spiro atoms. The maximum atomic E-state index is 12.5. The number of aromatic amines is 1. The van der Waals surface area contributed by atoms with Crippen LogP contribution in [0.15, 0.2) is 0 Å². The van der Waals surface area contributed by atoms with E-state index in [1.54, 1.807) is 19.1 Å². The highest BCUT2D eigenvalue weighted by molar-refractivity contribution is 5.98. The number of hydrogen-bond donors (Lipinski definition) is 2. The van der Waals surface area contributed by atoms with Crippen molar-refractivity contribution in [3.63, 3.8) is 0 Å². The number of hydrogen-bond acceptors (Lipinski definition) is 5. The van der Waals surface area contributed by atoms with E-state index in [2.05, 4.69) is 10.2 Å². The summed E-state index contributed by atoms with van der Waals surface area (Å²) in [6.07, 6.45) is -0.234. The van der Waals surface area contributed by atoms with Gasteiger partial charge in [0.25, 0.3) is 5.91 Å². The smallest absolute Gasteiger partial charge is 0.276 e. The van der Waals surface area contributed by atoms with Gasteiger partial charge >= 0.3 is 0 Å². The molecular formula is C13H22N4O3. The Labute approximate surface area is 118 Å². The summed E-state index contributed by atoms with van der Waals surface area (Å²) in [7, 11) is 3.23. The molecule has 1 aliphatic heterocycles. The molecule has 2 atom stereocenters. The van der Waals surface area contributed by atoms with Crippen LogP contribution in [-0.2, 0) is 9.47 Å². The Morgan fingerprint density at radius 3 is 2.30 bits per heavy atom. The van der Waals surface area contributed by atoms with Gasteiger partial charge in [-0.05, 0) is 5.92 Å². The van der Waals surface area contributed by atoms with Crippen molar-refractivity contribution in [2.75, 3.05) is 33.0 Å². The zero-order valence-corrected chi connectivity index (χ0v) is 12.3. The summed E-state index contributed by atoms with van der Waals surface area (Å²) in [5.74, 6) is 0.00771. The van der Waals surface area contributed by atoms with E-state index in [4.69, 9.17) is 15.2 Å². The lowest BCUT2D eigenvalue weighted by atomic mass is 10.1. The van der Waals surface area contributed by atoms with Crippen molar-refractivity contribution < 1.29 is 14.3 Å². The number of likely N-dealkylation sites (tertiary alicyclic amines) is 1. The second kappa shape index (κ2) is 5.80. The van der Waals surface area contributed by atoms with Crippen LogP contribution in [0, 0.1) is 0 Å². The Balaban J connectivity index is 2.17. The van der Waals surface area contributed by atoms with Crippen LogP contribution < -0.4 is 5.73 Å². The van der Waals surface area contributed by atoms with Crippen LogP contribution in [0.1, 0.15) is 35.9 Å². The fraction of sp³-hybridized carbons (Fsp3) is 0.692. The van der Waals surface area contributed by atoms with Crippen molar-refractivity contribution in [2.24, 2.45) is 0 Å². The minimum absolute atomic E-state index is 0.117. The third kappa shape index (κ3) is 2.51. The lowest BCUT2D eigenvalue weighted by molar-refractivity contribution is -0.00461. The molecule has 2 unspecified atom stereocenters. The number of carbonyl (C=O) groups is 1. The van der Waals surface area contributed by atoms with E-state index in [1.165, 1.54) is 0 Å². The third-order valence-electron chi connectivity index (χ3n) is 3.72. The van der Waals surface area contributed by atoms with Crippen LogP contribution in [0.4, 0.5) is 5.69 Å². The summed E-state index contributed by atoms with van der Waals surface area (Å²) in [4.78, 5) is 14.1. The van der Waals surface area contributed by atoms with Crippen LogP contribution in [0.25, 0.3) is 0 Å². The van der Waals surface area contributed by atoms with Crippen molar-refractivity contribution in [3.8, 4) is 0 Å². The highest BCUT2D eigenvalue weighted by Gasteiger charge is 2.37. The van der Waals surface area contributed by atoms with Crippen molar-refractivity contribution in [2.45, 2.75) is 32.0 Å². The van der Waals surface area contributed by atoms with E-state index in [-0.39, 0.29) is 29.7 Å². The first-order valence-corrected chi connectivity index (χ1v) is 6.68. The van der Waals surface area contributed by atoms with Crippen molar-refractivity contribution >= 4 is 11.6 Å². The largest absolute Gasteiger partial charge is 0.395 e.